The molecule has 0 aliphatic heterocycles. The van der Waals surface area contributed by atoms with Gasteiger partial charge >= 0.3 is 0 Å². The fourth-order valence-corrected chi connectivity index (χ4v) is 1.68. The molecule has 0 radical (unpaired) electrons. The number of amides is 1. The average molecular weight is 204 g/mol. The minimum absolute atomic E-state index is 0.239. The number of carbonyl (C=O) groups excluding carboxylic acids is 1. The van der Waals surface area contributed by atoms with E-state index in [0.29, 0.717) is 19.0 Å². The Morgan fingerprint density at radius 1 is 1.53 bits per heavy atom. The van der Waals surface area contributed by atoms with Crippen LogP contribution in [0.2, 0.25) is 0 Å². The van der Waals surface area contributed by atoms with E-state index in [2.05, 4.69) is 4.98 Å². The van der Waals surface area contributed by atoms with Gasteiger partial charge in [-0.15, -0.1) is 0 Å². The topological polar surface area (TPSA) is 33.2 Å². The van der Waals surface area contributed by atoms with Crippen molar-refractivity contribution in [2.45, 2.75) is 38.8 Å². The normalized spacial score (nSPS) is 15.0. The van der Waals surface area contributed by atoms with Crippen molar-refractivity contribution in [3.8, 4) is 0 Å². The van der Waals surface area contributed by atoms with E-state index < -0.39 is 0 Å². The molecule has 1 fully saturated rings. The van der Waals surface area contributed by atoms with Gasteiger partial charge in [-0.2, -0.15) is 0 Å². The van der Waals surface area contributed by atoms with Gasteiger partial charge < -0.3 is 4.90 Å². The van der Waals surface area contributed by atoms with E-state index in [0.717, 1.165) is 18.5 Å². The third-order valence-corrected chi connectivity index (χ3v) is 2.67. The number of carbonyl (C=O) groups is 1. The first-order valence-electron chi connectivity index (χ1n) is 5.50. The fourth-order valence-electron chi connectivity index (χ4n) is 1.68. The van der Waals surface area contributed by atoms with Gasteiger partial charge in [0, 0.05) is 18.7 Å². The summed E-state index contributed by atoms with van der Waals surface area (Å²) in [6, 6.07) is 6.30. The number of hydrogen-bond donors (Lipinski definition) is 0. The number of aromatic nitrogens is 1. The lowest BCUT2D eigenvalue weighted by molar-refractivity contribution is -0.132. The first kappa shape index (κ1) is 10.1. The molecule has 1 amide bonds. The van der Waals surface area contributed by atoms with Crippen molar-refractivity contribution < 1.29 is 4.79 Å². The Morgan fingerprint density at radius 3 is 2.87 bits per heavy atom. The Bertz CT molecular complexity index is 333. The van der Waals surface area contributed by atoms with Gasteiger partial charge in [0.25, 0.3) is 0 Å². The maximum Gasteiger partial charge on any atom is 0.222 e. The summed E-state index contributed by atoms with van der Waals surface area (Å²) in [6.07, 6.45) is 4.66. The van der Waals surface area contributed by atoms with Gasteiger partial charge in [-0.3, -0.25) is 9.78 Å². The number of nitrogens with zero attached hydrogens (tertiary/aromatic N) is 2. The van der Waals surface area contributed by atoms with Crippen LogP contribution in [-0.4, -0.2) is 21.8 Å². The SMILES string of the molecule is CCC(=O)N(Cc1ccccn1)C1CC1. The molecule has 0 spiro atoms. The lowest BCUT2D eigenvalue weighted by Gasteiger charge is -2.21. The summed E-state index contributed by atoms with van der Waals surface area (Å²) >= 11 is 0. The molecule has 0 saturated heterocycles. The first-order valence-corrected chi connectivity index (χ1v) is 5.50. The molecular weight excluding hydrogens is 188 g/mol. The van der Waals surface area contributed by atoms with E-state index >= 15 is 0 Å². The van der Waals surface area contributed by atoms with Crippen LogP contribution >= 0.6 is 0 Å². The van der Waals surface area contributed by atoms with Gasteiger partial charge in [0.2, 0.25) is 5.91 Å². The molecule has 0 atom stereocenters. The van der Waals surface area contributed by atoms with Crippen LogP contribution in [0.1, 0.15) is 31.9 Å². The molecule has 3 nitrogen and oxygen atoms in total. The standard InChI is InChI=1S/C12H16N2O/c1-2-12(15)14(11-6-7-11)9-10-5-3-4-8-13-10/h3-5,8,11H,2,6-7,9H2,1H3. The van der Waals surface area contributed by atoms with E-state index in [1.165, 1.54) is 0 Å². The molecule has 80 valence electrons. The van der Waals surface area contributed by atoms with E-state index in [-0.39, 0.29) is 5.91 Å². The summed E-state index contributed by atoms with van der Waals surface area (Å²) in [4.78, 5) is 17.9. The van der Waals surface area contributed by atoms with Crippen molar-refractivity contribution in [3.05, 3.63) is 30.1 Å². The van der Waals surface area contributed by atoms with E-state index in [4.69, 9.17) is 0 Å². The Balaban J connectivity index is 2.04. The van der Waals surface area contributed by atoms with Crippen LogP contribution in [0, 0.1) is 0 Å². The molecule has 1 aliphatic carbocycles. The van der Waals surface area contributed by atoms with Crippen molar-refractivity contribution in [1.29, 1.82) is 0 Å². The Kier molecular flexibility index (Phi) is 2.99. The number of rotatable bonds is 4. The molecule has 1 aromatic rings. The van der Waals surface area contributed by atoms with Crippen LogP contribution in [-0.2, 0) is 11.3 Å². The number of pyridine rings is 1. The molecule has 2 rings (SSSR count). The second-order valence-corrected chi connectivity index (χ2v) is 3.93. The summed E-state index contributed by atoms with van der Waals surface area (Å²) in [6.45, 7) is 2.58. The second kappa shape index (κ2) is 4.43. The van der Waals surface area contributed by atoms with Crippen molar-refractivity contribution in [2.75, 3.05) is 0 Å². The van der Waals surface area contributed by atoms with Crippen LogP contribution < -0.4 is 0 Å². The minimum Gasteiger partial charge on any atom is -0.334 e. The summed E-state index contributed by atoms with van der Waals surface area (Å²) in [5.41, 5.74) is 0.978. The zero-order valence-electron chi connectivity index (χ0n) is 9.02. The molecule has 15 heavy (non-hydrogen) atoms. The Labute approximate surface area is 90.1 Å². The Morgan fingerprint density at radius 2 is 2.33 bits per heavy atom. The zero-order valence-corrected chi connectivity index (χ0v) is 9.02. The van der Waals surface area contributed by atoms with Crippen molar-refractivity contribution in [3.63, 3.8) is 0 Å². The van der Waals surface area contributed by atoms with E-state index in [1.807, 2.05) is 30.0 Å². The third kappa shape index (κ3) is 2.55. The van der Waals surface area contributed by atoms with E-state index in [1.54, 1.807) is 6.20 Å². The van der Waals surface area contributed by atoms with Gasteiger partial charge in [-0.1, -0.05) is 13.0 Å². The molecule has 0 bridgehead atoms. The van der Waals surface area contributed by atoms with Gasteiger partial charge in [0.15, 0.2) is 0 Å². The maximum absolute atomic E-state index is 11.7. The molecule has 1 saturated carbocycles. The molecule has 1 aromatic heterocycles. The molecule has 1 aliphatic rings. The quantitative estimate of drug-likeness (QED) is 0.751. The average Bonchev–Trinajstić information content (AvgIpc) is 3.10. The fraction of sp³-hybridized carbons (Fsp3) is 0.500. The van der Waals surface area contributed by atoms with E-state index in [9.17, 15) is 4.79 Å². The minimum atomic E-state index is 0.239. The zero-order chi connectivity index (χ0) is 10.7. The Hall–Kier alpha value is -1.38. The van der Waals surface area contributed by atoms with Gasteiger partial charge in [-0.25, -0.2) is 0 Å². The van der Waals surface area contributed by atoms with Gasteiger partial charge in [0.1, 0.15) is 0 Å². The molecule has 0 N–H and O–H groups in total. The van der Waals surface area contributed by atoms with Crippen molar-refractivity contribution in [2.24, 2.45) is 0 Å². The molecule has 1 heterocycles. The highest BCUT2D eigenvalue weighted by Crippen LogP contribution is 2.28. The second-order valence-electron chi connectivity index (χ2n) is 3.93. The lowest BCUT2D eigenvalue weighted by Crippen LogP contribution is -2.32. The predicted molar refractivity (Wildman–Crippen MR) is 58.1 cm³/mol. The van der Waals surface area contributed by atoms with Crippen LogP contribution in [0.25, 0.3) is 0 Å². The van der Waals surface area contributed by atoms with Crippen LogP contribution in [0.15, 0.2) is 24.4 Å². The van der Waals surface area contributed by atoms with Gasteiger partial charge in [-0.05, 0) is 25.0 Å². The molecule has 3 heteroatoms. The number of hydrogen-bond acceptors (Lipinski definition) is 2. The monoisotopic (exact) mass is 204 g/mol. The summed E-state index contributed by atoms with van der Waals surface area (Å²) in [5, 5.41) is 0. The molecule has 0 aromatic carbocycles. The first-order chi connectivity index (χ1) is 7.31. The van der Waals surface area contributed by atoms with Crippen molar-refractivity contribution in [1.82, 2.24) is 9.88 Å². The predicted octanol–water partition coefficient (Wildman–Crippen LogP) is 1.98. The largest absolute Gasteiger partial charge is 0.334 e. The van der Waals surface area contributed by atoms with Gasteiger partial charge in [0.05, 0.1) is 12.2 Å². The smallest absolute Gasteiger partial charge is 0.222 e. The summed E-state index contributed by atoms with van der Waals surface area (Å²) < 4.78 is 0. The maximum atomic E-state index is 11.7. The van der Waals surface area contributed by atoms with Crippen molar-refractivity contribution >= 4 is 5.91 Å². The third-order valence-electron chi connectivity index (χ3n) is 2.67. The highest BCUT2D eigenvalue weighted by Gasteiger charge is 2.31. The highest BCUT2D eigenvalue weighted by molar-refractivity contribution is 5.76. The van der Waals surface area contributed by atoms with Crippen LogP contribution in [0.3, 0.4) is 0 Å². The summed E-state index contributed by atoms with van der Waals surface area (Å²) in [5.74, 6) is 0.239. The lowest BCUT2D eigenvalue weighted by atomic mass is 10.3. The van der Waals surface area contributed by atoms with Crippen LogP contribution in [0.4, 0.5) is 0 Å². The molecule has 0 unspecified atom stereocenters. The molecular formula is C12H16N2O. The highest BCUT2D eigenvalue weighted by atomic mass is 16.2. The summed E-state index contributed by atoms with van der Waals surface area (Å²) in [7, 11) is 0. The van der Waals surface area contributed by atoms with Crippen LogP contribution in [0.5, 0.6) is 0 Å².